The number of aromatic nitrogens is 2. The van der Waals surface area contributed by atoms with Gasteiger partial charge in [0.05, 0.1) is 30.5 Å². The highest BCUT2D eigenvalue weighted by atomic mass is 35.5. The first-order valence-corrected chi connectivity index (χ1v) is 12.1. The van der Waals surface area contributed by atoms with Crippen LogP contribution in [0.5, 0.6) is 0 Å². The molecule has 3 aromatic rings. The van der Waals surface area contributed by atoms with Gasteiger partial charge in [0, 0.05) is 37.4 Å². The molecule has 35 heavy (non-hydrogen) atoms. The first kappa shape index (κ1) is 23.5. The zero-order chi connectivity index (χ0) is 24.5. The summed E-state index contributed by atoms with van der Waals surface area (Å²) in [6.45, 7) is 6.05. The van der Waals surface area contributed by atoms with Gasteiger partial charge >= 0.3 is 0 Å². The quantitative estimate of drug-likeness (QED) is 0.321. The number of aliphatic hydroxyl groups is 1. The molecule has 1 unspecified atom stereocenters. The van der Waals surface area contributed by atoms with Crippen molar-refractivity contribution in [1.82, 2.24) is 19.2 Å². The highest BCUT2D eigenvalue weighted by Crippen LogP contribution is 2.40. The Labute approximate surface area is 208 Å². The van der Waals surface area contributed by atoms with E-state index in [4.69, 9.17) is 16.3 Å². The molecule has 9 heteroatoms. The number of halogens is 1. The Hall–Kier alpha value is -3.20. The molecule has 1 aromatic carbocycles. The van der Waals surface area contributed by atoms with Gasteiger partial charge in [0.25, 0.3) is 11.7 Å². The highest BCUT2D eigenvalue weighted by Gasteiger charge is 2.46. The van der Waals surface area contributed by atoms with E-state index < -0.39 is 17.7 Å². The van der Waals surface area contributed by atoms with E-state index in [0.717, 1.165) is 19.6 Å². The van der Waals surface area contributed by atoms with E-state index in [2.05, 4.69) is 9.88 Å². The molecule has 8 nitrogen and oxygen atoms in total. The number of amides is 1. The number of aliphatic hydroxyl groups excluding tert-OH is 1. The predicted molar refractivity (Wildman–Crippen MR) is 132 cm³/mol. The van der Waals surface area contributed by atoms with E-state index >= 15 is 0 Å². The number of fused-ring (bicyclic) bond motifs is 1. The second-order valence-electron chi connectivity index (χ2n) is 8.83. The number of hydrogen-bond donors (Lipinski definition) is 1. The Bertz CT molecular complexity index is 1310. The third kappa shape index (κ3) is 4.45. The van der Waals surface area contributed by atoms with Gasteiger partial charge in [0.1, 0.15) is 11.3 Å². The molecule has 2 fully saturated rings. The maximum atomic E-state index is 13.3. The molecule has 0 radical (unpaired) electrons. The molecule has 1 atom stereocenters. The van der Waals surface area contributed by atoms with Gasteiger partial charge in [-0.2, -0.15) is 0 Å². The van der Waals surface area contributed by atoms with Crippen LogP contribution in [0.2, 0.25) is 5.02 Å². The smallest absolute Gasteiger partial charge is 0.295 e. The lowest BCUT2D eigenvalue weighted by molar-refractivity contribution is -0.140. The molecule has 1 amide bonds. The van der Waals surface area contributed by atoms with Crippen molar-refractivity contribution in [3.05, 3.63) is 76.2 Å². The van der Waals surface area contributed by atoms with E-state index in [9.17, 15) is 14.7 Å². The summed E-state index contributed by atoms with van der Waals surface area (Å²) in [7, 11) is 0. The summed E-state index contributed by atoms with van der Waals surface area (Å²) in [5.41, 5.74) is 2.34. The maximum Gasteiger partial charge on any atom is 0.295 e. The minimum atomic E-state index is -0.743. The molecule has 5 rings (SSSR count). The predicted octanol–water partition coefficient (Wildman–Crippen LogP) is 3.44. The normalized spacial score (nSPS) is 20.7. The number of pyridine rings is 1. The Morgan fingerprint density at radius 1 is 1.14 bits per heavy atom. The topological polar surface area (TPSA) is 87.4 Å². The minimum Gasteiger partial charge on any atom is -0.505 e. The number of carbonyl (C=O) groups excluding carboxylic acids is 2. The number of benzene rings is 1. The summed E-state index contributed by atoms with van der Waals surface area (Å²) >= 11 is 6.28. The number of likely N-dealkylation sites (tertiary alicyclic amines) is 1. The van der Waals surface area contributed by atoms with Crippen LogP contribution in [0.3, 0.4) is 0 Å². The average molecular weight is 495 g/mol. The number of morpholine rings is 1. The summed E-state index contributed by atoms with van der Waals surface area (Å²) < 4.78 is 7.14. The van der Waals surface area contributed by atoms with Crippen LogP contribution in [-0.4, -0.2) is 75.4 Å². The van der Waals surface area contributed by atoms with E-state index in [1.54, 1.807) is 40.6 Å². The number of nitrogens with zero attached hydrogens (tertiary/aromatic N) is 4. The second-order valence-corrected chi connectivity index (χ2v) is 9.27. The summed E-state index contributed by atoms with van der Waals surface area (Å²) in [5.74, 6) is -1.56. The van der Waals surface area contributed by atoms with Crippen LogP contribution in [-0.2, 0) is 14.3 Å². The van der Waals surface area contributed by atoms with Crippen molar-refractivity contribution in [1.29, 1.82) is 0 Å². The molecule has 0 aliphatic carbocycles. The number of carbonyl (C=O) groups is 2. The Morgan fingerprint density at radius 3 is 2.71 bits per heavy atom. The minimum absolute atomic E-state index is 0.0531. The van der Waals surface area contributed by atoms with Crippen LogP contribution in [0.15, 0.2) is 54.2 Å². The van der Waals surface area contributed by atoms with Gasteiger partial charge in [0.15, 0.2) is 5.76 Å². The third-order valence-corrected chi connectivity index (χ3v) is 6.85. The van der Waals surface area contributed by atoms with Crippen LogP contribution in [0.25, 0.3) is 11.4 Å². The molecule has 4 heterocycles. The average Bonchev–Trinajstić information content (AvgIpc) is 3.32. The van der Waals surface area contributed by atoms with Crippen LogP contribution in [0, 0.1) is 6.92 Å². The fourth-order valence-corrected chi connectivity index (χ4v) is 5.15. The molecule has 2 aliphatic heterocycles. The second kappa shape index (κ2) is 9.81. The lowest BCUT2D eigenvalue weighted by Crippen LogP contribution is -2.38. The fraction of sp³-hybridized carbons (Fsp3) is 0.346. The van der Waals surface area contributed by atoms with Crippen molar-refractivity contribution in [2.24, 2.45) is 0 Å². The molecule has 2 aliphatic rings. The maximum absolute atomic E-state index is 13.3. The fourth-order valence-electron chi connectivity index (χ4n) is 4.95. The molecule has 0 spiro atoms. The van der Waals surface area contributed by atoms with Crippen molar-refractivity contribution in [3.63, 3.8) is 0 Å². The Kier molecular flexibility index (Phi) is 6.60. The van der Waals surface area contributed by atoms with Gasteiger partial charge in [-0.1, -0.05) is 29.8 Å². The van der Waals surface area contributed by atoms with Gasteiger partial charge < -0.3 is 14.7 Å². The Morgan fingerprint density at radius 2 is 1.94 bits per heavy atom. The van der Waals surface area contributed by atoms with E-state index in [1.807, 2.05) is 24.3 Å². The number of hydrogen-bond acceptors (Lipinski definition) is 6. The van der Waals surface area contributed by atoms with Gasteiger partial charge in [-0.25, -0.2) is 4.98 Å². The lowest BCUT2D eigenvalue weighted by Gasteiger charge is -2.29. The number of ketones is 1. The molecular formula is C26H27ClN4O4. The molecule has 0 bridgehead atoms. The molecule has 182 valence electrons. The number of ether oxygens (including phenoxy) is 1. The zero-order valence-electron chi connectivity index (χ0n) is 19.5. The molecule has 2 saturated heterocycles. The van der Waals surface area contributed by atoms with Crippen molar-refractivity contribution < 1.29 is 19.4 Å². The zero-order valence-corrected chi connectivity index (χ0v) is 20.2. The van der Waals surface area contributed by atoms with Crippen molar-refractivity contribution >= 4 is 34.7 Å². The summed E-state index contributed by atoms with van der Waals surface area (Å²) in [5, 5.41) is 12.0. The van der Waals surface area contributed by atoms with E-state index in [1.165, 1.54) is 0 Å². The van der Waals surface area contributed by atoms with Gasteiger partial charge in [0.2, 0.25) is 0 Å². The molecular weight excluding hydrogens is 468 g/mol. The van der Waals surface area contributed by atoms with Crippen molar-refractivity contribution in [2.45, 2.75) is 19.4 Å². The number of imidazole rings is 1. The summed E-state index contributed by atoms with van der Waals surface area (Å²) in [6, 6.07) is 11.8. The van der Waals surface area contributed by atoms with Crippen molar-refractivity contribution in [2.75, 3.05) is 39.4 Å². The van der Waals surface area contributed by atoms with Gasteiger partial charge in [-0.05, 0) is 43.2 Å². The van der Waals surface area contributed by atoms with E-state index in [0.29, 0.717) is 53.8 Å². The number of aryl methyl sites for hydroxylation is 1. The third-order valence-electron chi connectivity index (χ3n) is 6.61. The monoisotopic (exact) mass is 494 g/mol. The molecule has 0 saturated carbocycles. The highest BCUT2D eigenvalue weighted by molar-refractivity contribution is 6.46. The standard InChI is InChI=1S/C26H27ClN4O4/c1-17-22(30-10-3-2-8-20(30)28-17)24(32)21-23(18-6-4-7-19(27)16-18)31(26(34)25(21)33)11-5-9-29-12-14-35-15-13-29/h2-4,6-8,10,16,23,32H,5,9,11-15H2,1H3. The Balaban J connectivity index is 1.55. The van der Waals surface area contributed by atoms with E-state index in [-0.39, 0.29) is 11.3 Å². The van der Waals surface area contributed by atoms with Crippen LogP contribution in [0.4, 0.5) is 0 Å². The lowest BCUT2D eigenvalue weighted by atomic mass is 9.96. The SMILES string of the molecule is Cc1nc2ccccn2c1C(O)=C1C(=O)C(=O)N(CCCN2CCOCC2)C1c1cccc(Cl)c1. The van der Waals surface area contributed by atoms with Crippen LogP contribution >= 0.6 is 11.6 Å². The molecule has 2 aromatic heterocycles. The van der Waals surface area contributed by atoms with Crippen LogP contribution < -0.4 is 0 Å². The first-order valence-electron chi connectivity index (χ1n) is 11.7. The summed E-state index contributed by atoms with van der Waals surface area (Å²) in [4.78, 5) is 34.9. The van der Waals surface area contributed by atoms with Crippen LogP contribution in [0.1, 0.15) is 29.4 Å². The number of rotatable bonds is 6. The molecule has 1 N–H and O–H groups in total. The van der Waals surface area contributed by atoms with Gasteiger partial charge in [-0.3, -0.25) is 18.9 Å². The van der Waals surface area contributed by atoms with Crippen molar-refractivity contribution in [3.8, 4) is 0 Å². The van der Waals surface area contributed by atoms with Gasteiger partial charge in [-0.15, -0.1) is 0 Å². The largest absolute Gasteiger partial charge is 0.505 e. The first-order chi connectivity index (χ1) is 17.0. The summed E-state index contributed by atoms with van der Waals surface area (Å²) in [6.07, 6.45) is 2.47. The number of Topliss-reactive ketones (excluding diaryl/α,β-unsaturated/α-hetero) is 1.